The quantitative estimate of drug-likeness (QED) is 0.821. The number of nitrogens with one attached hydrogen (secondary N) is 1. The maximum Gasteiger partial charge on any atom is 0.129 e. The minimum atomic E-state index is 0.514. The Labute approximate surface area is 98.7 Å². The fraction of sp³-hybridized carbons (Fsp3) is 0.571. The molecule has 16 heavy (non-hydrogen) atoms. The summed E-state index contributed by atoms with van der Waals surface area (Å²) in [6.45, 7) is 11.8. The molecule has 0 saturated carbocycles. The Kier molecular flexibility index (Phi) is 4.81. The second-order valence-electron chi connectivity index (χ2n) is 4.88. The second-order valence-corrected chi connectivity index (χ2v) is 4.88. The lowest BCUT2D eigenvalue weighted by Gasteiger charge is -2.14. The van der Waals surface area contributed by atoms with Gasteiger partial charge in [-0.2, -0.15) is 0 Å². The predicted octanol–water partition coefficient (Wildman–Crippen LogP) is 3.63. The zero-order valence-corrected chi connectivity index (χ0v) is 11.0. The summed E-state index contributed by atoms with van der Waals surface area (Å²) >= 11 is 0. The molecule has 0 spiro atoms. The Morgan fingerprint density at radius 1 is 1.38 bits per heavy atom. The van der Waals surface area contributed by atoms with E-state index in [1.807, 2.05) is 6.07 Å². The smallest absolute Gasteiger partial charge is 0.129 e. The average molecular weight is 221 g/mol. The van der Waals surface area contributed by atoms with E-state index >= 15 is 0 Å². The van der Waals surface area contributed by atoms with Crippen molar-refractivity contribution in [2.75, 3.05) is 6.54 Å². The van der Waals surface area contributed by atoms with E-state index in [4.69, 9.17) is 4.42 Å². The van der Waals surface area contributed by atoms with Crippen LogP contribution in [0.25, 0.3) is 6.08 Å². The molecule has 1 heterocycles. The van der Waals surface area contributed by atoms with E-state index in [0.29, 0.717) is 12.0 Å². The Hall–Kier alpha value is -1.02. The number of aryl methyl sites for hydroxylation is 1. The number of hydrogen-bond donors (Lipinski definition) is 1. The third kappa shape index (κ3) is 3.86. The first-order valence-electron chi connectivity index (χ1n) is 5.98. The Morgan fingerprint density at radius 3 is 2.50 bits per heavy atom. The van der Waals surface area contributed by atoms with Gasteiger partial charge < -0.3 is 9.73 Å². The van der Waals surface area contributed by atoms with E-state index in [1.165, 1.54) is 11.1 Å². The third-order valence-corrected chi connectivity index (χ3v) is 2.67. The van der Waals surface area contributed by atoms with E-state index < -0.39 is 0 Å². The molecule has 90 valence electrons. The lowest BCUT2D eigenvalue weighted by atomic mass is 10.0. The number of furan rings is 1. The molecule has 1 rings (SSSR count). The van der Waals surface area contributed by atoms with E-state index in [2.05, 4.69) is 46.0 Å². The van der Waals surface area contributed by atoms with Gasteiger partial charge in [0.1, 0.15) is 5.76 Å². The van der Waals surface area contributed by atoms with Crippen molar-refractivity contribution in [2.24, 2.45) is 5.92 Å². The van der Waals surface area contributed by atoms with Gasteiger partial charge in [-0.3, -0.25) is 0 Å². The van der Waals surface area contributed by atoms with Crippen molar-refractivity contribution in [2.45, 2.75) is 40.7 Å². The molecular formula is C14H23NO. The van der Waals surface area contributed by atoms with E-state index in [-0.39, 0.29) is 0 Å². The van der Waals surface area contributed by atoms with Gasteiger partial charge in [-0.05, 0) is 30.5 Å². The molecule has 0 radical (unpaired) electrons. The highest BCUT2D eigenvalue weighted by molar-refractivity contribution is 5.51. The predicted molar refractivity (Wildman–Crippen MR) is 69.4 cm³/mol. The average Bonchev–Trinajstić information content (AvgIpc) is 2.58. The largest absolute Gasteiger partial charge is 0.465 e. The summed E-state index contributed by atoms with van der Waals surface area (Å²) < 4.78 is 5.45. The van der Waals surface area contributed by atoms with Crippen LogP contribution in [0.3, 0.4) is 0 Å². The molecule has 0 amide bonds. The minimum absolute atomic E-state index is 0.514. The topological polar surface area (TPSA) is 25.2 Å². The molecule has 0 fully saturated rings. The van der Waals surface area contributed by atoms with Gasteiger partial charge in [0.2, 0.25) is 0 Å². The van der Waals surface area contributed by atoms with E-state index in [1.54, 1.807) is 6.26 Å². The fourth-order valence-electron chi connectivity index (χ4n) is 1.44. The normalized spacial score (nSPS) is 12.8. The fourth-order valence-corrected chi connectivity index (χ4v) is 1.44. The van der Waals surface area contributed by atoms with Crippen molar-refractivity contribution < 1.29 is 4.42 Å². The third-order valence-electron chi connectivity index (χ3n) is 2.67. The minimum Gasteiger partial charge on any atom is -0.465 e. The van der Waals surface area contributed by atoms with Gasteiger partial charge >= 0.3 is 0 Å². The summed E-state index contributed by atoms with van der Waals surface area (Å²) in [5.74, 6) is 1.52. The molecule has 1 aromatic rings. The Balaban J connectivity index is 2.77. The van der Waals surface area contributed by atoms with Crippen LogP contribution in [0.4, 0.5) is 0 Å². The molecule has 0 aromatic carbocycles. The van der Waals surface area contributed by atoms with Gasteiger partial charge in [0.05, 0.1) is 6.26 Å². The Morgan fingerprint density at radius 2 is 2.06 bits per heavy atom. The van der Waals surface area contributed by atoms with Crippen LogP contribution in [-0.4, -0.2) is 12.6 Å². The molecule has 0 aliphatic carbocycles. The molecule has 0 aliphatic rings. The molecule has 2 nitrogen and oxygen atoms in total. The van der Waals surface area contributed by atoms with E-state index in [9.17, 15) is 0 Å². The highest BCUT2D eigenvalue weighted by atomic mass is 16.3. The van der Waals surface area contributed by atoms with Crippen LogP contribution in [0.5, 0.6) is 0 Å². The first kappa shape index (κ1) is 13.0. The van der Waals surface area contributed by atoms with Crippen molar-refractivity contribution in [1.29, 1.82) is 0 Å². The van der Waals surface area contributed by atoms with Crippen molar-refractivity contribution in [1.82, 2.24) is 5.32 Å². The number of hydrogen-bond acceptors (Lipinski definition) is 2. The second kappa shape index (κ2) is 5.90. The standard InChI is InChI=1S/C14H23NO/c1-10(2)13(9-15-11(3)4)8-14-12(5)6-7-16-14/h6-8,10-11,15H,9H2,1-5H3/b13-8-. The molecule has 0 atom stereocenters. The maximum absolute atomic E-state index is 5.45. The molecule has 0 unspecified atom stereocenters. The summed E-state index contributed by atoms with van der Waals surface area (Å²) in [5.41, 5.74) is 2.58. The van der Waals surface area contributed by atoms with Crippen LogP contribution in [0, 0.1) is 12.8 Å². The van der Waals surface area contributed by atoms with Gasteiger partial charge in [0.15, 0.2) is 0 Å². The molecule has 0 saturated heterocycles. The van der Waals surface area contributed by atoms with Gasteiger partial charge in [-0.25, -0.2) is 0 Å². The van der Waals surface area contributed by atoms with Gasteiger partial charge in [-0.1, -0.05) is 33.3 Å². The van der Waals surface area contributed by atoms with Crippen molar-refractivity contribution in [3.63, 3.8) is 0 Å². The van der Waals surface area contributed by atoms with Gasteiger partial charge in [0, 0.05) is 12.6 Å². The summed E-state index contributed by atoms with van der Waals surface area (Å²) in [6, 6.07) is 2.51. The van der Waals surface area contributed by atoms with Crippen molar-refractivity contribution in [3.05, 3.63) is 29.2 Å². The van der Waals surface area contributed by atoms with Crippen LogP contribution in [0.15, 0.2) is 22.3 Å². The first-order chi connectivity index (χ1) is 7.50. The van der Waals surface area contributed by atoms with Crippen molar-refractivity contribution >= 4 is 6.08 Å². The maximum atomic E-state index is 5.45. The molecular weight excluding hydrogens is 198 g/mol. The molecule has 0 aliphatic heterocycles. The summed E-state index contributed by atoms with van der Waals surface area (Å²) in [6.07, 6.45) is 3.91. The lowest BCUT2D eigenvalue weighted by molar-refractivity contribution is 0.550. The SMILES string of the molecule is Cc1ccoc1/C=C(/CNC(C)C)C(C)C. The van der Waals surface area contributed by atoms with Gasteiger partial charge in [-0.15, -0.1) is 0 Å². The molecule has 2 heteroatoms. The molecule has 1 aromatic heterocycles. The van der Waals surface area contributed by atoms with Crippen LogP contribution < -0.4 is 5.32 Å². The number of rotatable bonds is 5. The van der Waals surface area contributed by atoms with Gasteiger partial charge in [0.25, 0.3) is 0 Å². The highest BCUT2D eigenvalue weighted by Gasteiger charge is 2.07. The summed E-state index contributed by atoms with van der Waals surface area (Å²) in [4.78, 5) is 0. The Bertz CT molecular complexity index is 347. The molecule has 1 N–H and O–H groups in total. The lowest BCUT2D eigenvalue weighted by Crippen LogP contribution is -2.26. The van der Waals surface area contributed by atoms with Crippen LogP contribution >= 0.6 is 0 Å². The highest BCUT2D eigenvalue weighted by Crippen LogP contribution is 2.17. The summed E-state index contributed by atoms with van der Waals surface area (Å²) in [5, 5.41) is 3.45. The first-order valence-corrected chi connectivity index (χ1v) is 5.98. The monoisotopic (exact) mass is 221 g/mol. The molecule has 0 bridgehead atoms. The summed E-state index contributed by atoms with van der Waals surface area (Å²) in [7, 11) is 0. The van der Waals surface area contributed by atoms with Crippen LogP contribution in [0.1, 0.15) is 39.0 Å². The zero-order valence-electron chi connectivity index (χ0n) is 11.0. The van der Waals surface area contributed by atoms with E-state index in [0.717, 1.165) is 12.3 Å². The zero-order chi connectivity index (χ0) is 12.1. The van der Waals surface area contributed by atoms with Crippen molar-refractivity contribution in [3.8, 4) is 0 Å². The van der Waals surface area contributed by atoms with Crippen LogP contribution in [-0.2, 0) is 0 Å². The van der Waals surface area contributed by atoms with Crippen LogP contribution in [0.2, 0.25) is 0 Å².